The minimum absolute atomic E-state index is 0.0828. The third kappa shape index (κ3) is 3.72. The Hall–Kier alpha value is -1.62. The Morgan fingerprint density at radius 1 is 1.04 bits per heavy atom. The molecule has 2 amide bonds. The predicted octanol–water partition coefficient (Wildman–Crippen LogP) is 5.19. The lowest BCUT2D eigenvalue weighted by Crippen LogP contribution is -2.28. The van der Waals surface area contributed by atoms with Crippen LogP contribution in [0.4, 0.5) is 5.69 Å². The maximum absolute atomic E-state index is 12.6. The van der Waals surface area contributed by atoms with Crippen LogP contribution in [0.1, 0.15) is 12.0 Å². The number of rotatable bonds is 3. The van der Waals surface area contributed by atoms with Gasteiger partial charge in [-0.15, -0.1) is 0 Å². The van der Waals surface area contributed by atoms with E-state index in [9.17, 15) is 9.59 Å². The standard InChI is InChI=1S/C18H12BrCl2NO2/c19-13-5-2-11(3-6-13)1-4-12-7-17(23)22(18(12)24)16-9-14(20)8-15(21)10-16/h2-6,8-10H,1,7H2. The molecule has 122 valence electrons. The fourth-order valence-corrected chi connectivity index (χ4v) is 3.30. The molecule has 1 fully saturated rings. The van der Waals surface area contributed by atoms with Gasteiger partial charge in [0.2, 0.25) is 5.91 Å². The first-order valence-corrected chi connectivity index (χ1v) is 8.76. The molecule has 0 radical (unpaired) electrons. The maximum Gasteiger partial charge on any atom is 0.261 e. The lowest BCUT2D eigenvalue weighted by atomic mass is 10.1. The van der Waals surface area contributed by atoms with Crippen LogP contribution in [0.3, 0.4) is 0 Å². The van der Waals surface area contributed by atoms with Crippen LogP contribution in [0.5, 0.6) is 0 Å². The fraction of sp³-hybridized carbons (Fsp3) is 0.111. The van der Waals surface area contributed by atoms with Crippen LogP contribution < -0.4 is 4.90 Å². The molecular weight excluding hydrogens is 413 g/mol. The van der Waals surface area contributed by atoms with Gasteiger partial charge in [0.15, 0.2) is 0 Å². The van der Waals surface area contributed by atoms with Crippen molar-refractivity contribution in [1.82, 2.24) is 0 Å². The summed E-state index contributed by atoms with van der Waals surface area (Å²) in [5.74, 6) is -0.601. The Bertz CT molecular complexity index is 826. The van der Waals surface area contributed by atoms with Crippen molar-refractivity contribution >= 4 is 56.6 Å². The predicted molar refractivity (Wildman–Crippen MR) is 99.5 cm³/mol. The van der Waals surface area contributed by atoms with Crippen molar-refractivity contribution in [1.29, 1.82) is 0 Å². The van der Waals surface area contributed by atoms with Gasteiger partial charge in [-0.05, 0) is 42.3 Å². The summed E-state index contributed by atoms with van der Waals surface area (Å²) in [6.45, 7) is 0. The summed E-state index contributed by atoms with van der Waals surface area (Å²) in [6.07, 6.45) is 2.47. The fourth-order valence-electron chi connectivity index (χ4n) is 2.53. The molecule has 6 heteroatoms. The Kier molecular flexibility index (Phi) is 5.09. The van der Waals surface area contributed by atoms with Crippen LogP contribution in [0.25, 0.3) is 0 Å². The van der Waals surface area contributed by atoms with Crippen LogP contribution in [0, 0.1) is 0 Å². The van der Waals surface area contributed by atoms with Gasteiger partial charge in [0, 0.05) is 20.1 Å². The Labute approximate surface area is 158 Å². The average Bonchev–Trinajstić information content (AvgIpc) is 2.80. The van der Waals surface area contributed by atoms with E-state index in [2.05, 4.69) is 15.9 Å². The summed E-state index contributed by atoms with van der Waals surface area (Å²) in [5.41, 5.74) is 1.95. The Morgan fingerprint density at radius 2 is 1.67 bits per heavy atom. The first-order chi connectivity index (χ1) is 11.4. The normalized spacial score (nSPS) is 16.3. The number of carbonyl (C=O) groups excluding carboxylic acids is 2. The molecule has 0 N–H and O–H groups in total. The number of anilines is 1. The molecule has 24 heavy (non-hydrogen) atoms. The molecular formula is C18H12BrCl2NO2. The van der Waals surface area contributed by atoms with E-state index in [1.165, 1.54) is 0 Å². The van der Waals surface area contributed by atoms with Gasteiger partial charge in [0.25, 0.3) is 5.91 Å². The van der Waals surface area contributed by atoms with Gasteiger partial charge in [-0.1, -0.05) is 57.3 Å². The maximum atomic E-state index is 12.6. The van der Waals surface area contributed by atoms with Gasteiger partial charge in [-0.25, -0.2) is 4.90 Å². The summed E-state index contributed by atoms with van der Waals surface area (Å²) in [7, 11) is 0. The second kappa shape index (κ2) is 7.09. The van der Waals surface area contributed by atoms with Crippen molar-refractivity contribution < 1.29 is 9.59 Å². The number of amides is 2. The topological polar surface area (TPSA) is 37.4 Å². The van der Waals surface area contributed by atoms with Crippen LogP contribution in [-0.2, 0) is 16.0 Å². The van der Waals surface area contributed by atoms with E-state index < -0.39 is 0 Å². The molecule has 0 atom stereocenters. The van der Waals surface area contributed by atoms with Gasteiger partial charge in [0.05, 0.1) is 12.1 Å². The van der Waals surface area contributed by atoms with Crippen molar-refractivity contribution in [2.24, 2.45) is 0 Å². The number of hydrogen-bond acceptors (Lipinski definition) is 2. The second-order valence-electron chi connectivity index (χ2n) is 5.40. The third-order valence-corrected chi connectivity index (χ3v) is 4.64. The van der Waals surface area contributed by atoms with E-state index in [-0.39, 0.29) is 18.2 Å². The minimum Gasteiger partial charge on any atom is -0.274 e. The number of halogens is 3. The lowest BCUT2D eigenvalue weighted by molar-refractivity contribution is -0.120. The highest BCUT2D eigenvalue weighted by Gasteiger charge is 2.35. The summed E-state index contributed by atoms with van der Waals surface area (Å²) >= 11 is 15.3. The molecule has 0 saturated carbocycles. The van der Waals surface area contributed by atoms with Crippen molar-refractivity contribution in [2.45, 2.75) is 12.8 Å². The molecule has 2 aromatic carbocycles. The van der Waals surface area contributed by atoms with Crippen LogP contribution in [0.2, 0.25) is 10.0 Å². The van der Waals surface area contributed by atoms with Crippen molar-refractivity contribution in [3.8, 4) is 0 Å². The summed E-state index contributed by atoms with van der Waals surface area (Å²) < 4.78 is 0.995. The van der Waals surface area contributed by atoms with E-state index in [1.54, 1.807) is 24.3 Å². The first kappa shape index (κ1) is 17.2. The van der Waals surface area contributed by atoms with Crippen molar-refractivity contribution in [2.75, 3.05) is 4.90 Å². The number of carbonyl (C=O) groups is 2. The number of benzene rings is 2. The first-order valence-electron chi connectivity index (χ1n) is 7.21. The lowest BCUT2D eigenvalue weighted by Gasteiger charge is -2.14. The van der Waals surface area contributed by atoms with Gasteiger partial charge < -0.3 is 0 Å². The molecule has 1 aliphatic heterocycles. The van der Waals surface area contributed by atoms with E-state index in [1.807, 2.05) is 24.3 Å². The molecule has 3 nitrogen and oxygen atoms in total. The Morgan fingerprint density at radius 3 is 2.29 bits per heavy atom. The SMILES string of the molecule is O=C1CC(=CCc2ccc(Br)cc2)C(=O)N1c1cc(Cl)cc(Cl)c1. The molecule has 3 rings (SSSR count). The van der Waals surface area contributed by atoms with E-state index in [0.29, 0.717) is 27.7 Å². The summed E-state index contributed by atoms with van der Waals surface area (Å²) in [6, 6.07) is 12.5. The molecule has 1 aliphatic rings. The van der Waals surface area contributed by atoms with E-state index >= 15 is 0 Å². The zero-order chi connectivity index (χ0) is 17.3. The molecule has 0 unspecified atom stereocenters. The molecule has 0 aromatic heterocycles. The molecule has 0 bridgehead atoms. The van der Waals surface area contributed by atoms with Crippen LogP contribution in [-0.4, -0.2) is 11.8 Å². The Balaban J connectivity index is 1.83. The average molecular weight is 425 g/mol. The zero-order valence-electron chi connectivity index (χ0n) is 12.4. The highest BCUT2D eigenvalue weighted by Crippen LogP contribution is 2.31. The van der Waals surface area contributed by atoms with Crippen molar-refractivity contribution in [3.63, 3.8) is 0 Å². The quantitative estimate of drug-likeness (QED) is 0.502. The minimum atomic E-state index is -0.324. The molecule has 0 aliphatic carbocycles. The molecule has 1 heterocycles. The number of imide groups is 1. The van der Waals surface area contributed by atoms with Gasteiger partial charge in [-0.2, -0.15) is 0 Å². The molecule has 2 aromatic rings. The summed E-state index contributed by atoms with van der Waals surface area (Å²) in [4.78, 5) is 25.9. The van der Waals surface area contributed by atoms with Crippen LogP contribution in [0.15, 0.2) is 58.6 Å². The smallest absolute Gasteiger partial charge is 0.261 e. The second-order valence-corrected chi connectivity index (χ2v) is 7.19. The van der Waals surface area contributed by atoms with E-state index in [0.717, 1.165) is 14.9 Å². The number of nitrogens with zero attached hydrogens (tertiary/aromatic N) is 1. The van der Waals surface area contributed by atoms with Crippen LogP contribution >= 0.6 is 39.1 Å². The summed E-state index contributed by atoms with van der Waals surface area (Å²) in [5, 5.41) is 0.760. The van der Waals surface area contributed by atoms with Gasteiger partial charge in [-0.3, -0.25) is 9.59 Å². The van der Waals surface area contributed by atoms with Gasteiger partial charge in [0.1, 0.15) is 0 Å². The third-order valence-electron chi connectivity index (χ3n) is 3.67. The molecule has 0 spiro atoms. The van der Waals surface area contributed by atoms with Gasteiger partial charge >= 0.3 is 0 Å². The zero-order valence-corrected chi connectivity index (χ0v) is 15.5. The van der Waals surface area contributed by atoms with E-state index in [4.69, 9.17) is 23.2 Å². The number of allylic oxidation sites excluding steroid dienone is 1. The monoisotopic (exact) mass is 423 g/mol. The number of hydrogen-bond donors (Lipinski definition) is 0. The largest absolute Gasteiger partial charge is 0.274 e. The highest BCUT2D eigenvalue weighted by atomic mass is 79.9. The van der Waals surface area contributed by atoms with Crippen molar-refractivity contribution in [3.05, 3.63) is 74.2 Å². The molecule has 1 saturated heterocycles. The highest BCUT2D eigenvalue weighted by molar-refractivity contribution is 9.10.